The Bertz CT molecular complexity index is 373. The molecule has 0 amide bonds. The average molecular weight is 208 g/mol. The minimum atomic E-state index is 0.230. The van der Waals surface area contributed by atoms with E-state index in [1.165, 1.54) is 0 Å². The number of hydrogen-bond donors (Lipinski definition) is 0. The van der Waals surface area contributed by atoms with Crippen molar-refractivity contribution in [3.63, 3.8) is 0 Å². The van der Waals surface area contributed by atoms with Crippen LogP contribution in [0.3, 0.4) is 0 Å². The molecule has 0 bridgehead atoms. The summed E-state index contributed by atoms with van der Waals surface area (Å²) in [5.74, 6) is 1.30. The van der Waals surface area contributed by atoms with Gasteiger partial charge in [-0.15, -0.1) is 0 Å². The van der Waals surface area contributed by atoms with Gasteiger partial charge in [-0.3, -0.25) is 4.79 Å². The Morgan fingerprint density at radius 2 is 2.40 bits per heavy atom. The Hall–Kier alpha value is -1.55. The van der Waals surface area contributed by atoms with Crippen LogP contribution in [-0.2, 0) is 11.3 Å². The van der Waals surface area contributed by atoms with Gasteiger partial charge < -0.3 is 14.2 Å². The lowest BCUT2D eigenvalue weighted by Gasteiger charge is -2.20. The largest absolute Gasteiger partial charge is 0.490 e. The summed E-state index contributed by atoms with van der Waals surface area (Å²) in [5.41, 5.74) is 1.43. The van der Waals surface area contributed by atoms with E-state index in [4.69, 9.17) is 14.2 Å². The lowest BCUT2D eigenvalue weighted by atomic mass is 10.1. The Balaban J connectivity index is 2.45. The minimum absolute atomic E-state index is 0.230. The van der Waals surface area contributed by atoms with Crippen LogP contribution in [0.4, 0.5) is 0 Å². The van der Waals surface area contributed by atoms with Crippen LogP contribution < -0.4 is 9.47 Å². The number of hydrogen-bond acceptors (Lipinski definition) is 4. The molecule has 1 aliphatic heterocycles. The van der Waals surface area contributed by atoms with E-state index in [-0.39, 0.29) is 6.79 Å². The first-order chi connectivity index (χ1) is 7.35. The van der Waals surface area contributed by atoms with Crippen molar-refractivity contribution in [2.45, 2.75) is 13.5 Å². The number of benzene rings is 1. The first-order valence-electron chi connectivity index (χ1n) is 4.80. The van der Waals surface area contributed by atoms with Crippen LogP contribution in [0.1, 0.15) is 22.8 Å². The number of aldehydes is 1. The summed E-state index contributed by atoms with van der Waals surface area (Å²) in [7, 11) is 0. The predicted octanol–water partition coefficient (Wildman–Crippen LogP) is 1.76. The van der Waals surface area contributed by atoms with Crippen LogP contribution in [0, 0.1) is 0 Å². The fourth-order valence-electron chi connectivity index (χ4n) is 1.54. The summed E-state index contributed by atoms with van der Waals surface area (Å²) in [6.07, 6.45) is 0.789. The van der Waals surface area contributed by atoms with E-state index in [9.17, 15) is 4.79 Å². The lowest BCUT2D eigenvalue weighted by molar-refractivity contribution is -0.0183. The molecule has 0 spiro atoms. The summed E-state index contributed by atoms with van der Waals surface area (Å²) >= 11 is 0. The lowest BCUT2D eigenvalue weighted by Crippen LogP contribution is -2.13. The van der Waals surface area contributed by atoms with Crippen LogP contribution in [0.25, 0.3) is 0 Å². The number of carbonyl (C=O) groups excluding carboxylic acids is 1. The zero-order valence-electron chi connectivity index (χ0n) is 8.49. The van der Waals surface area contributed by atoms with Gasteiger partial charge in [0, 0.05) is 11.1 Å². The average Bonchev–Trinajstić information content (AvgIpc) is 2.29. The van der Waals surface area contributed by atoms with Crippen molar-refractivity contribution in [1.29, 1.82) is 0 Å². The third-order valence-corrected chi connectivity index (χ3v) is 2.13. The molecule has 1 aromatic carbocycles. The predicted molar refractivity (Wildman–Crippen MR) is 53.3 cm³/mol. The van der Waals surface area contributed by atoms with E-state index in [2.05, 4.69) is 0 Å². The molecule has 0 saturated carbocycles. The van der Waals surface area contributed by atoms with Crippen LogP contribution in [0.2, 0.25) is 0 Å². The standard InChI is InChI=1S/C11H12O4/c1-2-14-10-4-8(5-12)3-9-6-13-7-15-11(9)10/h3-5H,2,6-7H2,1H3. The summed E-state index contributed by atoms with van der Waals surface area (Å²) in [6, 6.07) is 3.44. The fourth-order valence-corrected chi connectivity index (χ4v) is 1.54. The van der Waals surface area contributed by atoms with E-state index < -0.39 is 0 Å². The van der Waals surface area contributed by atoms with E-state index in [0.717, 1.165) is 11.8 Å². The molecular weight excluding hydrogens is 196 g/mol. The first-order valence-corrected chi connectivity index (χ1v) is 4.80. The van der Waals surface area contributed by atoms with E-state index in [1.54, 1.807) is 12.1 Å². The second kappa shape index (κ2) is 4.31. The summed E-state index contributed by atoms with van der Waals surface area (Å²) in [4.78, 5) is 10.7. The van der Waals surface area contributed by atoms with Gasteiger partial charge >= 0.3 is 0 Å². The highest BCUT2D eigenvalue weighted by atomic mass is 16.7. The van der Waals surface area contributed by atoms with E-state index in [1.807, 2.05) is 6.92 Å². The van der Waals surface area contributed by atoms with Gasteiger partial charge in [0.05, 0.1) is 13.2 Å². The number of ether oxygens (including phenoxy) is 3. The maximum atomic E-state index is 10.7. The Morgan fingerprint density at radius 1 is 1.53 bits per heavy atom. The highest BCUT2D eigenvalue weighted by molar-refractivity contribution is 5.77. The number of carbonyl (C=O) groups is 1. The molecular formula is C11H12O4. The molecule has 0 atom stereocenters. The smallest absolute Gasteiger partial charge is 0.189 e. The molecule has 1 heterocycles. The molecule has 0 saturated heterocycles. The van der Waals surface area contributed by atoms with Crippen molar-refractivity contribution in [3.8, 4) is 11.5 Å². The SMILES string of the molecule is CCOc1cc(C=O)cc2c1OCOC2. The van der Waals surface area contributed by atoms with Crippen LogP contribution >= 0.6 is 0 Å². The molecule has 80 valence electrons. The van der Waals surface area contributed by atoms with Crippen molar-refractivity contribution in [2.75, 3.05) is 13.4 Å². The fraction of sp³-hybridized carbons (Fsp3) is 0.364. The molecule has 4 nitrogen and oxygen atoms in total. The van der Waals surface area contributed by atoms with Gasteiger partial charge in [0.25, 0.3) is 0 Å². The Morgan fingerprint density at radius 3 is 3.13 bits per heavy atom. The molecule has 0 aliphatic carbocycles. The van der Waals surface area contributed by atoms with Gasteiger partial charge in [0.2, 0.25) is 0 Å². The summed E-state index contributed by atoms with van der Waals surface area (Å²) in [6.45, 7) is 3.11. The van der Waals surface area contributed by atoms with E-state index in [0.29, 0.717) is 30.3 Å². The molecule has 0 unspecified atom stereocenters. The zero-order chi connectivity index (χ0) is 10.7. The Kier molecular flexibility index (Phi) is 2.87. The summed E-state index contributed by atoms with van der Waals surface area (Å²) in [5, 5.41) is 0. The second-order valence-electron chi connectivity index (χ2n) is 3.17. The topological polar surface area (TPSA) is 44.8 Å². The number of fused-ring (bicyclic) bond motifs is 1. The summed E-state index contributed by atoms with van der Waals surface area (Å²) < 4.78 is 15.9. The highest BCUT2D eigenvalue weighted by Crippen LogP contribution is 2.35. The van der Waals surface area contributed by atoms with Crippen molar-refractivity contribution in [1.82, 2.24) is 0 Å². The molecule has 2 rings (SSSR count). The minimum Gasteiger partial charge on any atom is -0.490 e. The van der Waals surface area contributed by atoms with Crippen LogP contribution in [0.15, 0.2) is 12.1 Å². The molecule has 1 aromatic rings. The maximum absolute atomic E-state index is 10.7. The molecule has 1 aliphatic rings. The molecule has 0 aromatic heterocycles. The van der Waals surface area contributed by atoms with Crippen LogP contribution in [0.5, 0.6) is 11.5 Å². The third kappa shape index (κ3) is 1.94. The van der Waals surface area contributed by atoms with E-state index >= 15 is 0 Å². The van der Waals surface area contributed by atoms with Crippen LogP contribution in [-0.4, -0.2) is 19.7 Å². The van der Waals surface area contributed by atoms with Gasteiger partial charge in [-0.2, -0.15) is 0 Å². The van der Waals surface area contributed by atoms with Gasteiger partial charge in [0.1, 0.15) is 6.29 Å². The molecule has 0 radical (unpaired) electrons. The van der Waals surface area contributed by atoms with Gasteiger partial charge in [0.15, 0.2) is 18.3 Å². The van der Waals surface area contributed by atoms with Gasteiger partial charge in [-0.1, -0.05) is 0 Å². The normalized spacial score (nSPS) is 13.9. The quantitative estimate of drug-likeness (QED) is 0.710. The second-order valence-corrected chi connectivity index (χ2v) is 3.17. The maximum Gasteiger partial charge on any atom is 0.189 e. The first kappa shape index (κ1) is 9.98. The van der Waals surface area contributed by atoms with Crippen molar-refractivity contribution in [2.24, 2.45) is 0 Å². The monoisotopic (exact) mass is 208 g/mol. The molecule has 4 heteroatoms. The van der Waals surface area contributed by atoms with Gasteiger partial charge in [-0.05, 0) is 19.1 Å². The highest BCUT2D eigenvalue weighted by Gasteiger charge is 2.17. The Labute approximate surface area is 87.8 Å². The number of rotatable bonds is 3. The van der Waals surface area contributed by atoms with Crippen molar-refractivity contribution in [3.05, 3.63) is 23.3 Å². The van der Waals surface area contributed by atoms with Crippen molar-refractivity contribution >= 4 is 6.29 Å². The molecule has 0 N–H and O–H groups in total. The molecule has 0 fully saturated rings. The zero-order valence-corrected chi connectivity index (χ0v) is 8.49. The van der Waals surface area contributed by atoms with Gasteiger partial charge in [-0.25, -0.2) is 0 Å². The van der Waals surface area contributed by atoms with Crippen molar-refractivity contribution < 1.29 is 19.0 Å². The third-order valence-electron chi connectivity index (χ3n) is 2.13. The molecule has 15 heavy (non-hydrogen) atoms.